The minimum Gasteiger partial charge on any atom is -0.274 e. The van der Waals surface area contributed by atoms with Crippen molar-refractivity contribution in [3.63, 3.8) is 0 Å². The lowest BCUT2D eigenvalue weighted by molar-refractivity contribution is -0.122. The first-order valence-corrected chi connectivity index (χ1v) is 5.86. The fourth-order valence-electron chi connectivity index (χ4n) is 2.54. The molecule has 0 aliphatic carbocycles. The molecule has 90 valence electrons. The van der Waals surface area contributed by atoms with E-state index in [9.17, 15) is 9.59 Å². The standard InChI is InChI=1S/C14H17NO2/c1-8-5-9(2)13(10(3)6-8)15-12(16)7-11(4)14(15)17/h5-6,11H,7H2,1-4H3. The molecule has 1 aromatic carbocycles. The predicted octanol–water partition coefficient (Wildman–Crippen LogP) is 2.51. The van der Waals surface area contributed by atoms with E-state index in [0.29, 0.717) is 6.42 Å². The second-order valence-electron chi connectivity index (χ2n) is 4.92. The van der Waals surface area contributed by atoms with E-state index >= 15 is 0 Å². The summed E-state index contributed by atoms with van der Waals surface area (Å²) < 4.78 is 0. The molecule has 0 aromatic heterocycles. The molecular weight excluding hydrogens is 214 g/mol. The van der Waals surface area contributed by atoms with Gasteiger partial charge < -0.3 is 0 Å². The summed E-state index contributed by atoms with van der Waals surface area (Å²) in [6, 6.07) is 4.01. The topological polar surface area (TPSA) is 37.4 Å². The lowest BCUT2D eigenvalue weighted by Crippen LogP contribution is -2.31. The molecule has 1 aromatic rings. The highest BCUT2D eigenvalue weighted by atomic mass is 16.2. The number of imide groups is 1. The van der Waals surface area contributed by atoms with Crippen LogP contribution >= 0.6 is 0 Å². The summed E-state index contributed by atoms with van der Waals surface area (Å²) in [6.07, 6.45) is 0.325. The number of benzene rings is 1. The van der Waals surface area contributed by atoms with Crippen LogP contribution in [0, 0.1) is 26.7 Å². The summed E-state index contributed by atoms with van der Waals surface area (Å²) in [5.74, 6) is -0.356. The zero-order chi connectivity index (χ0) is 12.7. The van der Waals surface area contributed by atoms with Crippen LogP contribution in [-0.2, 0) is 9.59 Å². The molecule has 17 heavy (non-hydrogen) atoms. The average Bonchev–Trinajstić information content (AvgIpc) is 2.43. The van der Waals surface area contributed by atoms with Gasteiger partial charge in [0.2, 0.25) is 11.8 Å². The normalized spacial score (nSPS) is 20.2. The van der Waals surface area contributed by atoms with Crippen LogP contribution in [0.4, 0.5) is 5.69 Å². The maximum atomic E-state index is 12.0. The molecule has 1 unspecified atom stereocenters. The van der Waals surface area contributed by atoms with Gasteiger partial charge in [0, 0.05) is 12.3 Å². The molecule has 0 bridgehead atoms. The smallest absolute Gasteiger partial charge is 0.237 e. The monoisotopic (exact) mass is 231 g/mol. The van der Waals surface area contributed by atoms with Crippen molar-refractivity contribution in [2.75, 3.05) is 4.90 Å². The largest absolute Gasteiger partial charge is 0.274 e. The van der Waals surface area contributed by atoms with Gasteiger partial charge >= 0.3 is 0 Å². The van der Waals surface area contributed by atoms with Crippen molar-refractivity contribution in [2.45, 2.75) is 34.1 Å². The van der Waals surface area contributed by atoms with Gasteiger partial charge in [-0.05, 0) is 31.9 Å². The zero-order valence-electron chi connectivity index (χ0n) is 10.7. The van der Waals surface area contributed by atoms with E-state index in [-0.39, 0.29) is 17.7 Å². The van der Waals surface area contributed by atoms with E-state index in [1.54, 1.807) is 6.92 Å². The highest BCUT2D eigenvalue weighted by molar-refractivity contribution is 6.21. The number of amides is 2. The number of carbonyl (C=O) groups is 2. The fourth-order valence-corrected chi connectivity index (χ4v) is 2.54. The van der Waals surface area contributed by atoms with Gasteiger partial charge in [0.25, 0.3) is 0 Å². The number of hydrogen-bond acceptors (Lipinski definition) is 2. The van der Waals surface area contributed by atoms with Crippen LogP contribution in [0.2, 0.25) is 0 Å². The molecule has 0 spiro atoms. The lowest BCUT2D eigenvalue weighted by atomic mass is 10.0. The van der Waals surface area contributed by atoms with E-state index in [2.05, 4.69) is 0 Å². The molecule has 1 aliphatic heterocycles. The van der Waals surface area contributed by atoms with E-state index in [1.807, 2.05) is 32.9 Å². The Balaban J connectivity index is 2.55. The molecule has 3 heteroatoms. The van der Waals surface area contributed by atoms with Gasteiger partial charge in [-0.25, -0.2) is 4.90 Å². The third-order valence-electron chi connectivity index (χ3n) is 3.23. The summed E-state index contributed by atoms with van der Waals surface area (Å²) in [4.78, 5) is 25.3. The van der Waals surface area contributed by atoms with Crippen LogP contribution in [0.5, 0.6) is 0 Å². The Bertz CT molecular complexity index is 482. The van der Waals surface area contributed by atoms with Crippen LogP contribution in [-0.4, -0.2) is 11.8 Å². The predicted molar refractivity (Wildman–Crippen MR) is 66.9 cm³/mol. The third-order valence-corrected chi connectivity index (χ3v) is 3.23. The Morgan fingerprint density at radius 2 is 1.65 bits per heavy atom. The van der Waals surface area contributed by atoms with Crippen molar-refractivity contribution in [1.29, 1.82) is 0 Å². The molecule has 1 saturated heterocycles. The Morgan fingerprint density at radius 1 is 1.12 bits per heavy atom. The molecule has 0 saturated carbocycles. The minimum atomic E-state index is -0.192. The lowest BCUT2D eigenvalue weighted by Gasteiger charge is -2.20. The Labute approximate surface area is 101 Å². The van der Waals surface area contributed by atoms with Crippen molar-refractivity contribution in [2.24, 2.45) is 5.92 Å². The second kappa shape index (κ2) is 3.99. The van der Waals surface area contributed by atoms with Gasteiger partial charge in [-0.2, -0.15) is 0 Å². The van der Waals surface area contributed by atoms with Crippen LogP contribution in [0.3, 0.4) is 0 Å². The van der Waals surface area contributed by atoms with Gasteiger partial charge in [0.15, 0.2) is 0 Å². The maximum Gasteiger partial charge on any atom is 0.237 e. The van der Waals surface area contributed by atoms with Crippen molar-refractivity contribution < 1.29 is 9.59 Å². The fraction of sp³-hybridized carbons (Fsp3) is 0.429. The molecule has 0 N–H and O–H groups in total. The molecule has 1 aliphatic rings. The molecule has 3 nitrogen and oxygen atoms in total. The van der Waals surface area contributed by atoms with Gasteiger partial charge in [0.05, 0.1) is 5.69 Å². The zero-order valence-corrected chi connectivity index (χ0v) is 10.7. The summed E-state index contributed by atoms with van der Waals surface area (Å²) in [5, 5.41) is 0. The van der Waals surface area contributed by atoms with Crippen LogP contribution in [0.25, 0.3) is 0 Å². The quantitative estimate of drug-likeness (QED) is 0.696. The van der Waals surface area contributed by atoms with E-state index in [4.69, 9.17) is 0 Å². The summed E-state index contributed by atoms with van der Waals surface area (Å²) in [5.41, 5.74) is 3.89. The van der Waals surface area contributed by atoms with Crippen molar-refractivity contribution in [3.05, 3.63) is 28.8 Å². The molecule has 1 atom stereocenters. The van der Waals surface area contributed by atoms with Crippen molar-refractivity contribution in [3.8, 4) is 0 Å². The summed E-state index contributed by atoms with van der Waals surface area (Å²) in [7, 11) is 0. The molecule has 1 heterocycles. The number of carbonyl (C=O) groups excluding carboxylic acids is 2. The van der Waals surface area contributed by atoms with E-state index in [1.165, 1.54) is 4.90 Å². The highest BCUT2D eigenvalue weighted by Crippen LogP contribution is 2.32. The minimum absolute atomic E-state index is 0.0787. The average molecular weight is 231 g/mol. The first-order chi connectivity index (χ1) is 7.91. The Hall–Kier alpha value is -1.64. The second-order valence-corrected chi connectivity index (χ2v) is 4.92. The SMILES string of the molecule is Cc1cc(C)c(N2C(=O)CC(C)C2=O)c(C)c1. The number of aryl methyl sites for hydroxylation is 3. The number of nitrogens with zero attached hydrogens (tertiary/aromatic N) is 1. The maximum absolute atomic E-state index is 12.0. The van der Waals surface area contributed by atoms with Crippen molar-refractivity contribution in [1.82, 2.24) is 0 Å². The molecule has 2 rings (SSSR count). The Morgan fingerprint density at radius 3 is 2.06 bits per heavy atom. The Kier molecular flexibility index (Phi) is 2.77. The first kappa shape index (κ1) is 11.8. The van der Waals surface area contributed by atoms with Crippen LogP contribution < -0.4 is 4.90 Å². The van der Waals surface area contributed by atoms with Crippen molar-refractivity contribution >= 4 is 17.5 Å². The first-order valence-electron chi connectivity index (χ1n) is 5.86. The molecular formula is C14H17NO2. The van der Waals surface area contributed by atoms with Crippen LogP contribution in [0.15, 0.2) is 12.1 Å². The summed E-state index contributed by atoms with van der Waals surface area (Å²) >= 11 is 0. The molecule has 0 radical (unpaired) electrons. The number of hydrogen-bond donors (Lipinski definition) is 0. The molecule has 2 amide bonds. The third kappa shape index (κ3) is 1.86. The number of anilines is 1. The van der Waals surface area contributed by atoms with Crippen LogP contribution in [0.1, 0.15) is 30.0 Å². The molecule has 1 fully saturated rings. The van der Waals surface area contributed by atoms with Gasteiger partial charge in [0.1, 0.15) is 0 Å². The summed E-state index contributed by atoms with van der Waals surface area (Å²) in [6.45, 7) is 7.71. The van der Waals surface area contributed by atoms with Gasteiger partial charge in [-0.3, -0.25) is 9.59 Å². The van der Waals surface area contributed by atoms with E-state index in [0.717, 1.165) is 22.4 Å². The van der Waals surface area contributed by atoms with Gasteiger partial charge in [-0.1, -0.05) is 24.6 Å². The number of rotatable bonds is 1. The van der Waals surface area contributed by atoms with Gasteiger partial charge in [-0.15, -0.1) is 0 Å². The van der Waals surface area contributed by atoms with E-state index < -0.39 is 0 Å². The highest BCUT2D eigenvalue weighted by Gasteiger charge is 2.37.